The minimum atomic E-state index is -0.529. The molecule has 0 radical (unpaired) electrons. The zero-order valence-electron chi connectivity index (χ0n) is 16.0. The van der Waals surface area contributed by atoms with Gasteiger partial charge in [0.15, 0.2) is 11.5 Å². The predicted octanol–water partition coefficient (Wildman–Crippen LogP) is 2.70. The molecule has 8 heteroatoms. The number of esters is 1. The number of benzene rings is 1. The van der Waals surface area contributed by atoms with Crippen LogP contribution in [0.5, 0.6) is 11.5 Å². The Kier molecular flexibility index (Phi) is 6.41. The topological polar surface area (TPSA) is 86.3 Å². The second-order valence-corrected chi connectivity index (χ2v) is 6.43. The quantitative estimate of drug-likeness (QED) is 0.568. The van der Waals surface area contributed by atoms with Crippen molar-refractivity contribution in [3.63, 3.8) is 0 Å². The van der Waals surface area contributed by atoms with Crippen molar-refractivity contribution in [2.45, 2.75) is 32.7 Å². The second-order valence-electron chi connectivity index (χ2n) is 6.43. The lowest BCUT2D eigenvalue weighted by Crippen LogP contribution is -2.40. The number of ether oxygens (including phenoxy) is 4. The molecule has 1 amide bonds. The monoisotopic (exact) mass is 388 g/mol. The average Bonchev–Trinajstić information content (AvgIpc) is 3.17. The fraction of sp³-hybridized carbons (Fsp3) is 0.400. The smallest absolute Gasteiger partial charge is 0.412 e. The summed E-state index contributed by atoms with van der Waals surface area (Å²) in [6.45, 7) is 4.08. The third kappa shape index (κ3) is 4.76. The van der Waals surface area contributed by atoms with E-state index in [0.29, 0.717) is 30.7 Å². The summed E-state index contributed by atoms with van der Waals surface area (Å²) in [5.41, 5.74) is 1.50. The van der Waals surface area contributed by atoms with Gasteiger partial charge in [-0.1, -0.05) is 12.1 Å². The molecule has 0 saturated carbocycles. The molecule has 1 atom stereocenters. The van der Waals surface area contributed by atoms with Crippen LogP contribution in [0.3, 0.4) is 0 Å². The van der Waals surface area contributed by atoms with Gasteiger partial charge >= 0.3 is 12.1 Å². The van der Waals surface area contributed by atoms with E-state index in [4.69, 9.17) is 18.9 Å². The molecule has 0 aromatic heterocycles. The second kappa shape index (κ2) is 9.16. The van der Waals surface area contributed by atoms with Gasteiger partial charge in [0.05, 0.1) is 5.57 Å². The molecule has 2 heterocycles. The molecule has 2 aliphatic rings. The Hall–Kier alpha value is -3.16. The molecule has 1 unspecified atom stereocenters. The number of allylic oxidation sites excluding steroid dienone is 1. The van der Waals surface area contributed by atoms with Gasteiger partial charge in [0.25, 0.3) is 0 Å². The fourth-order valence-electron chi connectivity index (χ4n) is 3.05. The first kappa shape index (κ1) is 19.6. The van der Waals surface area contributed by atoms with E-state index in [0.717, 1.165) is 11.3 Å². The van der Waals surface area contributed by atoms with Crippen molar-refractivity contribution in [1.29, 1.82) is 0 Å². The number of fused-ring (bicyclic) bond motifs is 1. The van der Waals surface area contributed by atoms with Crippen molar-refractivity contribution in [2.75, 3.05) is 20.1 Å². The molecule has 0 bridgehead atoms. The largest absolute Gasteiger partial charge is 0.454 e. The van der Waals surface area contributed by atoms with Crippen LogP contribution < -0.4 is 14.8 Å². The lowest BCUT2D eigenvalue weighted by atomic mass is 10.1. The molecule has 1 N–H and O–H groups in total. The van der Waals surface area contributed by atoms with Gasteiger partial charge in [-0.05, 0) is 44.2 Å². The summed E-state index contributed by atoms with van der Waals surface area (Å²) >= 11 is 0. The maximum Gasteiger partial charge on any atom is 0.412 e. The molecule has 0 aliphatic carbocycles. The predicted molar refractivity (Wildman–Crippen MR) is 101 cm³/mol. The number of nitrogens with one attached hydrogen (secondary N) is 1. The van der Waals surface area contributed by atoms with E-state index in [9.17, 15) is 9.59 Å². The molecule has 3 rings (SSSR count). The molecular weight excluding hydrogens is 364 g/mol. The zero-order valence-corrected chi connectivity index (χ0v) is 16.0. The maximum atomic E-state index is 12.4. The standard InChI is InChI=1S/C20H24N2O6/c1-3-22(14(2)9-15-6-7-17-18(10-15)26-12-25-17)20(24)28-13-27-19(23)16-5-4-8-21-11-16/h4,6-8,10-11,14,21H,3,5,9,12-13H2,1-2H3. The molecule has 0 spiro atoms. The molecule has 1 aromatic rings. The number of likely N-dealkylation sites (N-methyl/N-ethyl adjacent to an activating group) is 1. The van der Waals surface area contributed by atoms with Crippen LogP contribution >= 0.6 is 0 Å². The normalized spacial score (nSPS) is 15.3. The van der Waals surface area contributed by atoms with E-state index in [1.54, 1.807) is 23.4 Å². The Morgan fingerprint density at radius 3 is 2.82 bits per heavy atom. The zero-order chi connectivity index (χ0) is 19.9. The van der Waals surface area contributed by atoms with Crippen LogP contribution in [0, 0.1) is 0 Å². The average molecular weight is 388 g/mol. The van der Waals surface area contributed by atoms with E-state index < -0.39 is 18.9 Å². The molecule has 0 saturated heterocycles. The molecule has 8 nitrogen and oxygen atoms in total. The number of dihydropyridines is 1. The fourth-order valence-corrected chi connectivity index (χ4v) is 3.05. The lowest BCUT2D eigenvalue weighted by Gasteiger charge is -2.27. The summed E-state index contributed by atoms with van der Waals surface area (Å²) < 4.78 is 20.8. The number of rotatable bonds is 7. The molecular formula is C20H24N2O6. The van der Waals surface area contributed by atoms with Crippen LogP contribution in [0.2, 0.25) is 0 Å². The number of nitrogens with zero attached hydrogens (tertiary/aromatic N) is 1. The molecule has 1 aromatic carbocycles. The van der Waals surface area contributed by atoms with Crippen LogP contribution in [0.25, 0.3) is 0 Å². The van der Waals surface area contributed by atoms with Gasteiger partial charge < -0.3 is 29.2 Å². The van der Waals surface area contributed by atoms with Gasteiger partial charge in [0.2, 0.25) is 13.6 Å². The van der Waals surface area contributed by atoms with E-state index >= 15 is 0 Å². The molecule has 28 heavy (non-hydrogen) atoms. The third-order valence-corrected chi connectivity index (χ3v) is 4.52. The first-order valence-corrected chi connectivity index (χ1v) is 9.17. The number of amides is 1. The van der Waals surface area contributed by atoms with E-state index in [1.807, 2.05) is 32.0 Å². The highest BCUT2D eigenvalue weighted by molar-refractivity contribution is 5.88. The Bertz CT molecular complexity index is 789. The molecule has 150 valence electrons. The van der Waals surface area contributed by atoms with Gasteiger partial charge in [0.1, 0.15) is 0 Å². The van der Waals surface area contributed by atoms with Gasteiger partial charge in [0, 0.05) is 25.2 Å². The van der Waals surface area contributed by atoms with Crippen molar-refractivity contribution in [2.24, 2.45) is 0 Å². The van der Waals surface area contributed by atoms with Crippen molar-refractivity contribution in [3.8, 4) is 11.5 Å². The SMILES string of the molecule is CCN(C(=O)OCOC(=O)C1=CNC=CC1)C(C)Cc1ccc2c(c1)OCO2. The first-order valence-electron chi connectivity index (χ1n) is 9.17. The van der Waals surface area contributed by atoms with Crippen LogP contribution in [0.15, 0.2) is 42.2 Å². The Morgan fingerprint density at radius 2 is 2.07 bits per heavy atom. The first-order chi connectivity index (χ1) is 13.6. The van der Waals surface area contributed by atoms with Crippen LogP contribution in [-0.2, 0) is 20.7 Å². The Morgan fingerprint density at radius 1 is 1.25 bits per heavy atom. The van der Waals surface area contributed by atoms with Crippen molar-refractivity contribution < 1.29 is 28.5 Å². The van der Waals surface area contributed by atoms with Crippen LogP contribution in [-0.4, -0.2) is 43.1 Å². The van der Waals surface area contributed by atoms with Crippen molar-refractivity contribution in [3.05, 3.63) is 47.8 Å². The summed E-state index contributed by atoms with van der Waals surface area (Å²) in [5, 5.41) is 2.82. The summed E-state index contributed by atoms with van der Waals surface area (Å²) in [5.74, 6) is 0.924. The minimum Gasteiger partial charge on any atom is -0.454 e. The van der Waals surface area contributed by atoms with Crippen molar-refractivity contribution in [1.82, 2.24) is 10.2 Å². The minimum absolute atomic E-state index is 0.107. The highest BCUT2D eigenvalue weighted by atomic mass is 16.7. The van der Waals surface area contributed by atoms with Crippen molar-refractivity contribution >= 4 is 12.1 Å². The Labute approximate surface area is 163 Å². The maximum absolute atomic E-state index is 12.4. The number of hydrogen-bond donors (Lipinski definition) is 1. The van der Waals surface area contributed by atoms with E-state index in [2.05, 4.69) is 5.32 Å². The van der Waals surface area contributed by atoms with Gasteiger partial charge in [-0.15, -0.1) is 0 Å². The van der Waals surface area contributed by atoms with Gasteiger partial charge in [-0.25, -0.2) is 9.59 Å². The highest BCUT2D eigenvalue weighted by Crippen LogP contribution is 2.33. The lowest BCUT2D eigenvalue weighted by molar-refractivity contribution is -0.147. The van der Waals surface area contributed by atoms with Crippen LogP contribution in [0.4, 0.5) is 4.79 Å². The van der Waals surface area contributed by atoms with Crippen LogP contribution in [0.1, 0.15) is 25.8 Å². The summed E-state index contributed by atoms with van der Waals surface area (Å²) in [6, 6.07) is 5.62. The van der Waals surface area contributed by atoms with E-state index in [-0.39, 0.29) is 12.8 Å². The summed E-state index contributed by atoms with van der Waals surface area (Å²) in [6.07, 6.45) is 5.68. The summed E-state index contributed by atoms with van der Waals surface area (Å²) in [4.78, 5) is 25.9. The van der Waals surface area contributed by atoms with Gasteiger partial charge in [-0.3, -0.25) is 0 Å². The third-order valence-electron chi connectivity index (χ3n) is 4.52. The molecule has 2 aliphatic heterocycles. The number of carbonyl (C=O) groups excluding carboxylic acids is 2. The number of carbonyl (C=O) groups is 2. The number of hydrogen-bond acceptors (Lipinski definition) is 7. The molecule has 0 fully saturated rings. The van der Waals surface area contributed by atoms with Gasteiger partial charge in [-0.2, -0.15) is 0 Å². The van der Waals surface area contributed by atoms with E-state index in [1.165, 1.54) is 0 Å². The Balaban J connectivity index is 1.48. The summed E-state index contributed by atoms with van der Waals surface area (Å²) in [7, 11) is 0. The highest BCUT2D eigenvalue weighted by Gasteiger charge is 2.22.